The maximum atomic E-state index is 14.3. The largest absolute Gasteiger partial charge is 0.508 e. The van der Waals surface area contributed by atoms with Crippen LogP contribution in [0.4, 0.5) is 20.4 Å². The van der Waals surface area contributed by atoms with E-state index in [0.717, 1.165) is 96.1 Å². The number of nitrogen functional groups attached to an aromatic ring is 2. The molecule has 22 nitrogen and oxygen atoms in total. The van der Waals surface area contributed by atoms with Gasteiger partial charge in [0.1, 0.15) is 58.8 Å². The molecule has 10 aromatic heterocycles. The second-order valence-corrected chi connectivity index (χ2v) is 21.9. The number of phenolic OH excluding ortho intramolecular Hbond substituents is 2. The molecule has 6 N–H and O–H groups in total. The van der Waals surface area contributed by atoms with Gasteiger partial charge in [-0.05, 0) is 86.6 Å². The average Bonchev–Trinajstić information content (AvgIpc) is 2.10. The van der Waals surface area contributed by atoms with Gasteiger partial charge in [0, 0.05) is 146 Å². The summed E-state index contributed by atoms with van der Waals surface area (Å²) in [6.45, 7) is 13.0. The van der Waals surface area contributed by atoms with Crippen molar-refractivity contribution in [2.75, 3.05) is 77.2 Å². The molecule has 448 valence electrons. The lowest BCUT2D eigenvalue weighted by atomic mass is 10.0. The lowest BCUT2D eigenvalue weighted by molar-refractivity contribution is 0.0362. The number of anilines is 2. The number of hydrogen-bond acceptors (Lipinski definition) is 16. The summed E-state index contributed by atoms with van der Waals surface area (Å²) in [6, 6.07) is 29.9. The average molecular weight is 1190 g/mol. The molecule has 0 bridgehead atoms. The number of pyridine rings is 4. The number of halogens is 2. The molecule has 2 fully saturated rings. The summed E-state index contributed by atoms with van der Waals surface area (Å²) in [4.78, 5) is 48.6. The van der Waals surface area contributed by atoms with Crippen LogP contribution < -0.4 is 22.6 Å². The summed E-state index contributed by atoms with van der Waals surface area (Å²) in [5, 5.41) is 30.8. The molecule has 24 heteroatoms. The van der Waals surface area contributed by atoms with Gasteiger partial charge in [0.2, 0.25) is 0 Å². The Hall–Kier alpha value is -10.1. The third kappa shape index (κ3) is 11.1. The Bertz CT molecular complexity index is 4380. The first-order valence-corrected chi connectivity index (χ1v) is 28.9. The third-order valence-corrected chi connectivity index (χ3v) is 16.5. The Morgan fingerprint density at radius 1 is 0.511 bits per heavy atom. The van der Waals surface area contributed by atoms with Gasteiger partial charge in [0.05, 0.1) is 60.7 Å². The van der Waals surface area contributed by atoms with Crippen LogP contribution in [-0.4, -0.2) is 143 Å². The molecule has 0 amide bonds. The summed E-state index contributed by atoms with van der Waals surface area (Å²) < 4.78 is 50.5. The predicted molar refractivity (Wildman–Crippen MR) is 330 cm³/mol. The van der Waals surface area contributed by atoms with Gasteiger partial charge >= 0.3 is 0 Å². The zero-order valence-electron chi connectivity index (χ0n) is 48.2. The first-order valence-electron chi connectivity index (χ1n) is 28.9. The molecule has 14 rings (SSSR count). The van der Waals surface area contributed by atoms with Crippen molar-refractivity contribution in [2.24, 2.45) is 0 Å². The molecule has 2 atom stereocenters. The van der Waals surface area contributed by atoms with Gasteiger partial charge < -0.3 is 49.1 Å². The quantitative estimate of drug-likeness (QED) is 0.0807. The second kappa shape index (κ2) is 24.0. The number of aromatic nitrogens is 12. The molecular formula is C64H62F2N16O6. The van der Waals surface area contributed by atoms with E-state index in [9.17, 15) is 28.6 Å². The smallest absolute Gasteiger partial charge is 0.251 e. The number of benzene rings is 2. The molecule has 88 heavy (non-hydrogen) atoms. The van der Waals surface area contributed by atoms with Crippen LogP contribution in [0.15, 0.2) is 156 Å². The fourth-order valence-electron chi connectivity index (χ4n) is 12.0. The van der Waals surface area contributed by atoms with Gasteiger partial charge in [0.15, 0.2) is 11.3 Å². The van der Waals surface area contributed by atoms with Crippen LogP contribution in [0.1, 0.15) is 37.1 Å². The first kappa shape index (κ1) is 57.0. The van der Waals surface area contributed by atoms with Gasteiger partial charge in [-0.3, -0.25) is 19.4 Å². The molecule has 0 radical (unpaired) electrons. The van der Waals surface area contributed by atoms with E-state index in [1.54, 1.807) is 30.6 Å². The number of nitrogens with zero attached hydrogens (tertiary/aromatic N) is 14. The maximum absolute atomic E-state index is 14.3. The van der Waals surface area contributed by atoms with E-state index >= 15 is 0 Å². The minimum absolute atomic E-state index is 0.0847. The van der Waals surface area contributed by atoms with Crippen molar-refractivity contribution in [3.05, 3.63) is 190 Å². The number of phenols is 2. The minimum Gasteiger partial charge on any atom is -0.508 e. The monoisotopic (exact) mass is 1190 g/mol. The molecule has 2 aliphatic rings. The molecule has 0 saturated carbocycles. The number of hydrogen-bond donors (Lipinski definition) is 4. The highest BCUT2D eigenvalue weighted by Gasteiger charge is 2.28. The molecule has 2 saturated heterocycles. The van der Waals surface area contributed by atoms with E-state index in [1.165, 1.54) is 36.9 Å². The number of aromatic hydroxyl groups is 2. The number of morpholine rings is 2. The maximum Gasteiger partial charge on any atom is 0.251 e. The van der Waals surface area contributed by atoms with Crippen LogP contribution in [0.3, 0.4) is 0 Å². The SMILES string of the molecule is C[C@@H](c1cc2ccccn2c1-c1ccn(CCN2CCOCC2)c(=O)c1)n1nc(-c2cc(O)cc(F)c2)c2c(N)ncnc21.C[C@H](c1cc2ccccn2c1-c1ccn(CCN2CCOCC2)c(=O)c1)n1nc(-c2cc(O)cc(F)c2)c2c(N)ncnc21. The number of nitrogens with two attached hydrogens (primary N) is 2. The van der Waals surface area contributed by atoms with E-state index in [0.29, 0.717) is 84.1 Å². The standard InChI is InChI=1S/2C32H31FN8O3/c2*1-20(41-32-28(31(34)35-19-36-32)29(37-41)22-14-23(33)17-25(42)15-22)26-18-24-4-2-3-6-40(24)30(26)21-5-7-39(27(43)16-21)9-8-38-10-12-44-13-11-38/h2*2-7,14-20,42H,8-13H2,1H3,(H2,34,35,36)/t2*20-/m10/s1. The highest BCUT2D eigenvalue weighted by atomic mass is 19.1. The van der Waals surface area contributed by atoms with Crippen molar-refractivity contribution in [3.8, 4) is 56.5 Å². The fraction of sp³-hybridized carbons (Fsp3) is 0.250. The lowest BCUT2D eigenvalue weighted by Crippen LogP contribution is -2.39. The van der Waals surface area contributed by atoms with E-state index in [2.05, 4.69) is 50.7 Å². The molecule has 0 aliphatic carbocycles. The summed E-state index contributed by atoms with van der Waals surface area (Å²) in [7, 11) is 0. The Kier molecular flexibility index (Phi) is 15.5. The zero-order chi connectivity index (χ0) is 60.7. The van der Waals surface area contributed by atoms with Gasteiger partial charge in [-0.15, -0.1) is 0 Å². The van der Waals surface area contributed by atoms with Crippen molar-refractivity contribution in [1.29, 1.82) is 0 Å². The van der Waals surface area contributed by atoms with Crippen LogP contribution in [0.25, 0.3) is 78.1 Å². The Morgan fingerprint density at radius 3 is 1.33 bits per heavy atom. The van der Waals surface area contributed by atoms with Crippen LogP contribution in [0.2, 0.25) is 0 Å². The molecule has 12 heterocycles. The molecule has 0 unspecified atom stereocenters. The van der Waals surface area contributed by atoms with Crippen LogP contribution in [0, 0.1) is 11.6 Å². The molecule has 0 spiro atoms. The van der Waals surface area contributed by atoms with Crippen molar-refractivity contribution in [2.45, 2.75) is 39.0 Å². The first-order chi connectivity index (χ1) is 42.7. The topological polar surface area (TPSA) is 257 Å². The van der Waals surface area contributed by atoms with Gasteiger partial charge in [-0.1, -0.05) is 12.1 Å². The van der Waals surface area contributed by atoms with Crippen molar-refractivity contribution >= 4 is 44.7 Å². The van der Waals surface area contributed by atoms with Crippen molar-refractivity contribution in [1.82, 2.24) is 67.2 Å². The van der Waals surface area contributed by atoms with E-state index < -0.39 is 11.6 Å². The molecule has 2 aromatic carbocycles. The highest BCUT2D eigenvalue weighted by molar-refractivity contribution is 5.99. The third-order valence-electron chi connectivity index (χ3n) is 16.5. The second-order valence-electron chi connectivity index (χ2n) is 21.9. The van der Waals surface area contributed by atoms with Crippen LogP contribution in [-0.2, 0) is 22.6 Å². The lowest BCUT2D eigenvalue weighted by Gasteiger charge is -2.26. The molecule has 12 aromatic rings. The Balaban J connectivity index is 0.000000162. The van der Waals surface area contributed by atoms with Gasteiger partial charge in [0.25, 0.3) is 11.1 Å². The normalized spacial score (nSPS) is 14.9. The predicted octanol–water partition coefficient (Wildman–Crippen LogP) is 7.89. The van der Waals surface area contributed by atoms with E-state index in [1.807, 2.05) is 87.2 Å². The minimum atomic E-state index is -0.605. The van der Waals surface area contributed by atoms with Gasteiger partial charge in [-0.2, -0.15) is 10.2 Å². The summed E-state index contributed by atoms with van der Waals surface area (Å²) in [6.07, 6.45) is 10.4. The Morgan fingerprint density at radius 2 is 0.932 bits per heavy atom. The summed E-state index contributed by atoms with van der Waals surface area (Å²) in [5.74, 6) is -1.29. The summed E-state index contributed by atoms with van der Waals surface area (Å²) >= 11 is 0. The van der Waals surface area contributed by atoms with Crippen LogP contribution in [0.5, 0.6) is 11.5 Å². The van der Waals surface area contributed by atoms with E-state index in [4.69, 9.17) is 31.1 Å². The fourth-order valence-corrected chi connectivity index (χ4v) is 12.0. The van der Waals surface area contributed by atoms with Crippen molar-refractivity contribution in [3.63, 3.8) is 0 Å². The number of ether oxygens (including phenoxy) is 2. The van der Waals surface area contributed by atoms with Crippen LogP contribution >= 0.6 is 0 Å². The number of rotatable bonds is 14. The van der Waals surface area contributed by atoms with Crippen molar-refractivity contribution < 1.29 is 28.5 Å². The zero-order valence-corrected chi connectivity index (χ0v) is 48.2. The Labute approximate surface area is 501 Å². The summed E-state index contributed by atoms with van der Waals surface area (Å²) in [5.41, 5.74) is 21.7. The molecular weight excluding hydrogens is 1130 g/mol. The van der Waals surface area contributed by atoms with E-state index in [-0.39, 0.29) is 46.3 Å². The number of fused-ring (bicyclic) bond motifs is 4. The highest BCUT2D eigenvalue weighted by Crippen LogP contribution is 2.40. The van der Waals surface area contributed by atoms with Gasteiger partial charge in [-0.25, -0.2) is 38.1 Å². The molecule has 2 aliphatic heterocycles.